The van der Waals surface area contributed by atoms with Crippen molar-refractivity contribution in [2.45, 2.75) is 44.6 Å². The van der Waals surface area contributed by atoms with Crippen molar-refractivity contribution in [2.75, 3.05) is 11.4 Å². The molecule has 114 valence electrons. The molecule has 1 aromatic carbocycles. The number of nitrogens with one attached hydrogen (secondary N) is 1. The summed E-state index contributed by atoms with van der Waals surface area (Å²) in [6, 6.07) is 8.95. The Balaban J connectivity index is 2.16. The van der Waals surface area contributed by atoms with Gasteiger partial charge in [-0.1, -0.05) is 37.5 Å². The summed E-state index contributed by atoms with van der Waals surface area (Å²) in [5.74, 6) is -0.931. The molecule has 0 heterocycles. The molecule has 2 rings (SSSR count). The lowest BCUT2D eigenvalue weighted by Crippen LogP contribution is -2.58. The van der Waals surface area contributed by atoms with E-state index in [2.05, 4.69) is 5.32 Å². The third-order valence-electron chi connectivity index (χ3n) is 4.09. The monoisotopic (exact) mass is 290 g/mol. The van der Waals surface area contributed by atoms with E-state index in [-0.39, 0.29) is 6.03 Å². The van der Waals surface area contributed by atoms with Crippen LogP contribution in [0.1, 0.15) is 39.0 Å². The van der Waals surface area contributed by atoms with Gasteiger partial charge in [-0.3, -0.25) is 4.90 Å². The molecule has 0 aliphatic heterocycles. The third-order valence-corrected chi connectivity index (χ3v) is 4.09. The van der Waals surface area contributed by atoms with Gasteiger partial charge < -0.3 is 10.4 Å². The Hall–Kier alpha value is -2.04. The van der Waals surface area contributed by atoms with E-state index in [9.17, 15) is 14.7 Å². The molecular formula is C16H22N2O3. The van der Waals surface area contributed by atoms with Crippen LogP contribution in [0.5, 0.6) is 0 Å². The van der Waals surface area contributed by atoms with E-state index in [1.807, 2.05) is 37.3 Å². The van der Waals surface area contributed by atoms with E-state index in [4.69, 9.17) is 0 Å². The second-order valence-corrected chi connectivity index (χ2v) is 5.46. The highest BCUT2D eigenvalue weighted by Crippen LogP contribution is 2.29. The highest BCUT2D eigenvalue weighted by Gasteiger charge is 2.41. The number of urea groups is 1. The number of amides is 2. The van der Waals surface area contributed by atoms with E-state index < -0.39 is 11.5 Å². The number of anilines is 1. The number of carboxylic acids is 1. The van der Waals surface area contributed by atoms with Gasteiger partial charge in [0.2, 0.25) is 0 Å². The fourth-order valence-corrected chi connectivity index (χ4v) is 2.87. The maximum Gasteiger partial charge on any atom is 0.329 e. The molecule has 2 N–H and O–H groups in total. The third kappa shape index (κ3) is 3.35. The van der Waals surface area contributed by atoms with Crippen LogP contribution in [0.3, 0.4) is 0 Å². The number of hydrogen-bond acceptors (Lipinski definition) is 2. The molecule has 21 heavy (non-hydrogen) atoms. The lowest BCUT2D eigenvalue weighted by atomic mass is 9.82. The van der Waals surface area contributed by atoms with Crippen molar-refractivity contribution in [3.63, 3.8) is 0 Å². The Kier molecular flexibility index (Phi) is 4.83. The van der Waals surface area contributed by atoms with Crippen LogP contribution in [-0.4, -0.2) is 29.2 Å². The second-order valence-electron chi connectivity index (χ2n) is 5.46. The van der Waals surface area contributed by atoms with Crippen molar-refractivity contribution in [2.24, 2.45) is 0 Å². The van der Waals surface area contributed by atoms with Gasteiger partial charge in [-0.05, 0) is 31.9 Å². The van der Waals surface area contributed by atoms with Gasteiger partial charge in [0.05, 0.1) is 0 Å². The molecule has 1 aliphatic rings. The summed E-state index contributed by atoms with van der Waals surface area (Å²) in [4.78, 5) is 25.7. The van der Waals surface area contributed by atoms with Crippen LogP contribution in [0.2, 0.25) is 0 Å². The number of hydrogen-bond donors (Lipinski definition) is 2. The van der Waals surface area contributed by atoms with Crippen LogP contribution in [0.25, 0.3) is 0 Å². The van der Waals surface area contributed by atoms with Gasteiger partial charge in [-0.15, -0.1) is 0 Å². The van der Waals surface area contributed by atoms with Gasteiger partial charge in [0.15, 0.2) is 0 Å². The van der Waals surface area contributed by atoms with Crippen LogP contribution in [-0.2, 0) is 4.79 Å². The number of carbonyl (C=O) groups is 2. The van der Waals surface area contributed by atoms with Crippen LogP contribution < -0.4 is 10.2 Å². The van der Waals surface area contributed by atoms with Crippen LogP contribution in [0.15, 0.2) is 30.3 Å². The molecule has 0 atom stereocenters. The van der Waals surface area contributed by atoms with Crippen LogP contribution >= 0.6 is 0 Å². The Morgan fingerprint density at radius 1 is 1.19 bits per heavy atom. The summed E-state index contributed by atoms with van der Waals surface area (Å²) in [6.45, 7) is 2.37. The molecule has 5 nitrogen and oxygen atoms in total. The number of carbonyl (C=O) groups excluding carboxylic acids is 1. The minimum atomic E-state index is -1.11. The highest BCUT2D eigenvalue weighted by atomic mass is 16.4. The Labute approximate surface area is 125 Å². The number of benzene rings is 1. The van der Waals surface area contributed by atoms with Crippen molar-refractivity contribution < 1.29 is 14.7 Å². The first-order valence-electron chi connectivity index (χ1n) is 7.47. The number of nitrogens with zero attached hydrogens (tertiary/aromatic N) is 1. The lowest BCUT2D eigenvalue weighted by Gasteiger charge is -2.36. The van der Waals surface area contributed by atoms with Crippen molar-refractivity contribution in [3.05, 3.63) is 30.3 Å². The largest absolute Gasteiger partial charge is 0.480 e. The summed E-state index contributed by atoms with van der Waals surface area (Å²) in [6.07, 6.45) is 3.70. The maximum atomic E-state index is 12.5. The van der Waals surface area contributed by atoms with Crippen molar-refractivity contribution in [1.82, 2.24) is 5.32 Å². The van der Waals surface area contributed by atoms with E-state index >= 15 is 0 Å². The fraction of sp³-hybridized carbons (Fsp3) is 0.500. The number of aliphatic carboxylic acids is 1. The molecule has 2 amide bonds. The summed E-state index contributed by atoms with van der Waals surface area (Å²) in [5, 5.41) is 12.3. The fourth-order valence-electron chi connectivity index (χ4n) is 2.87. The summed E-state index contributed by atoms with van der Waals surface area (Å²) in [7, 11) is 0. The van der Waals surface area contributed by atoms with E-state index in [0.29, 0.717) is 19.4 Å². The molecule has 1 aromatic rings. The first kappa shape index (κ1) is 15.4. The smallest absolute Gasteiger partial charge is 0.329 e. The Bertz CT molecular complexity index is 496. The molecule has 1 fully saturated rings. The normalized spacial score (nSPS) is 17.0. The topological polar surface area (TPSA) is 69.6 Å². The minimum absolute atomic E-state index is 0.340. The lowest BCUT2D eigenvalue weighted by molar-refractivity contribution is -0.145. The molecule has 0 radical (unpaired) electrons. The number of rotatable bonds is 4. The average molecular weight is 290 g/mol. The SMILES string of the molecule is CCN(C(=O)NC1(C(=O)O)CCCCC1)c1ccccc1. The Morgan fingerprint density at radius 3 is 2.33 bits per heavy atom. The zero-order valence-electron chi connectivity index (χ0n) is 12.3. The van der Waals surface area contributed by atoms with Gasteiger partial charge in [0, 0.05) is 12.2 Å². The molecule has 1 aliphatic carbocycles. The van der Waals surface area contributed by atoms with Gasteiger partial charge in [-0.25, -0.2) is 9.59 Å². The quantitative estimate of drug-likeness (QED) is 0.895. The first-order chi connectivity index (χ1) is 10.1. The molecule has 1 saturated carbocycles. The zero-order valence-corrected chi connectivity index (χ0v) is 12.3. The summed E-state index contributed by atoms with van der Waals surface area (Å²) in [5.41, 5.74) is -0.341. The average Bonchev–Trinajstić information content (AvgIpc) is 2.50. The maximum absolute atomic E-state index is 12.5. The molecular weight excluding hydrogens is 268 g/mol. The van der Waals surface area contributed by atoms with Crippen molar-refractivity contribution >= 4 is 17.7 Å². The predicted molar refractivity (Wildman–Crippen MR) is 81.4 cm³/mol. The number of carboxylic acid groups (broad SMARTS) is 1. The molecule has 0 saturated heterocycles. The first-order valence-corrected chi connectivity index (χ1v) is 7.47. The van der Waals surface area contributed by atoms with E-state index in [0.717, 1.165) is 24.9 Å². The second kappa shape index (κ2) is 6.61. The predicted octanol–water partition coefficient (Wildman–Crippen LogP) is 3.01. The van der Waals surface area contributed by atoms with Gasteiger partial charge in [-0.2, -0.15) is 0 Å². The zero-order chi connectivity index (χ0) is 15.3. The molecule has 0 unspecified atom stereocenters. The van der Waals surface area contributed by atoms with Gasteiger partial charge >= 0.3 is 12.0 Å². The standard InChI is InChI=1S/C16H22N2O3/c1-2-18(13-9-5-3-6-10-13)15(21)17-16(14(19)20)11-7-4-8-12-16/h3,5-6,9-10H,2,4,7-8,11-12H2,1H3,(H,17,21)(H,19,20). The van der Waals surface area contributed by atoms with Crippen molar-refractivity contribution in [1.29, 1.82) is 0 Å². The van der Waals surface area contributed by atoms with Crippen LogP contribution in [0.4, 0.5) is 10.5 Å². The van der Waals surface area contributed by atoms with E-state index in [1.54, 1.807) is 4.90 Å². The van der Waals surface area contributed by atoms with E-state index in [1.165, 1.54) is 0 Å². The van der Waals surface area contributed by atoms with Gasteiger partial charge in [0.1, 0.15) is 5.54 Å². The summed E-state index contributed by atoms with van der Waals surface area (Å²) >= 11 is 0. The molecule has 0 spiro atoms. The van der Waals surface area contributed by atoms with Crippen molar-refractivity contribution in [3.8, 4) is 0 Å². The molecule has 0 aromatic heterocycles. The molecule has 0 bridgehead atoms. The minimum Gasteiger partial charge on any atom is -0.480 e. The van der Waals surface area contributed by atoms with Crippen LogP contribution in [0, 0.1) is 0 Å². The highest BCUT2D eigenvalue weighted by molar-refractivity contribution is 5.95. The summed E-state index contributed by atoms with van der Waals surface area (Å²) < 4.78 is 0. The molecule has 5 heteroatoms. The van der Waals surface area contributed by atoms with Gasteiger partial charge in [0.25, 0.3) is 0 Å². The Morgan fingerprint density at radius 2 is 1.81 bits per heavy atom. The number of para-hydroxylation sites is 1.